The van der Waals surface area contributed by atoms with Gasteiger partial charge in [-0.15, -0.1) is 0 Å². The van der Waals surface area contributed by atoms with Crippen LogP contribution in [0.1, 0.15) is 23.6 Å². The van der Waals surface area contributed by atoms with Crippen molar-refractivity contribution < 1.29 is 4.42 Å². The minimum absolute atomic E-state index is 0.832. The fourth-order valence-corrected chi connectivity index (χ4v) is 1.92. The van der Waals surface area contributed by atoms with Crippen LogP contribution in [0.4, 0.5) is 0 Å². The molecular formula is C15H20N2O. The topological polar surface area (TPSA) is 38.1 Å². The molecule has 0 unspecified atom stereocenters. The number of nitrogens with one attached hydrogen (secondary N) is 1. The van der Waals surface area contributed by atoms with Crippen LogP contribution < -0.4 is 5.32 Å². The van der Waals surface area contributed by atoms with Crippen LogP contribution in [0.5, 0.6) is 0 Å². The third-order valence-electron chi connectivity index (χ3n) is 2.92. The largest absolute Gasteiger partial charge is 0.446 e. The van der Waals surface area contributed by atoms with E-state index in [1.165, 1.54) is 5.56 Å². The minimum atomic E-state index is 0.832. The molecule has 0 saturated carbocycles. The van der Waals surface area contributed by atoms with E-state index < -0.39 is 0 Å². The molecule has 3 nitrogen and oxygen atoms in total. The van der Waals surface area contributed by atoms with Crippen molar-refractivity contribution >= 4 is 0 Å². The Balaban J connectivity index is 1.75. The van der Waals surface area contributed by atoms with Gasteiger partial charge in [-0.1, -0.05) is 30.3 Å². The Bertz CT molecular complexity index is 451. The molecule has 0 radical (unpaired) electrons. The second kappa shape index (κ2) is 6.97. The van der Waals surface area contributed by atoms with Gasteiger partial charge in [-0.3, -0.25) is 0 Å². The summed E-state index contributed by atoms with van der Waals surface area (Å²) < 4.78 is 5.67. The van der Waals surface area contributed by atoms with Gasteiger partial charge in [0.2, 0.25) is 0 Å². The maximum Gasteiger partial charge on any atom is 0.195 e. The maximum atomic E-state index is 5.67. The van der Waals surface area contributed by atoms with Crippen molar-refractivity contribution in [2.75, 3.05) is 13.6 Å². The minimum Gasteiger partial charge on any atom is -0.446 e. The van der Waals surface area contributed by atoms with Crippen LogP contribution in [0.25, 0.3) is 0 Å². The van der Waals surface area contributed by atoms with E-state index in [2.05, 4.69) is 34.6 Å². The number of rotatable bonds is 7. The molecule has 0 atom stereocenters. The van der Waals surface area contributed by atoms with Crippen molar-refractivity contribution in [1.29, 1.82) is 0 Å². The van der Waals surface area contributed by atoms with Crippen molar-refractivity contribution in [3.8, 4) is 0 Å². The standard InChI is InChI=1S/C15H20N2O/c1-16-11-10-15-17-12-14(18-15)9-5-8-13-6-3-2-4-7-13/h2-4,6-7,12,16H,5,8-11H2,1H3. The summed E-state index contributed by atoms with van der Waals surface area (Å²) in [6.45, 7) is 0.907. The van der Waals surface area contributed by atoms with Gasteiger partial charge in [-0.25, -0.2) is 4.98 Å². The third kappa shape index (κ3) is 4.00. The summed E-state index contributed by atoms with van der Waals surface area (Å²) in [4.78, 5) is 4.27. The number of hydrogen-bond acceptors (Lipinski definition) is 3. The number of nitrogens with zero attached hydrogens (tertiary/aromatic N) is 1. The van der Waals surface area contributed by atoms with Gasteiger partial charge in [0, 0.05) is 19.4 Å². The van der Waals surface area contributed by atoms with Crippen LogP contribution in [0.15, 0.2) is 40.9 Å². The lowest BCUT2D eigenvalue weighted by Crippen LogP contribution is -2.10. The highest BCUT2D eigenvalue weighted by Crippen LogP contribution is 2.10. The average Bonchev–Trinajstić information content (AvgIpc) is 2.85. The first-order chi connectivity index (χ1) is 8.88. The summed E-state index contributed by atoms with van der Waals surface area (Å²) in [6, 6.07) is 10.5. The number of oxazole rings is 1. The van der Waals surface area contributed by atoms with Gasteiger partial charge in [0.15, 0.2) is 5.89 Å². The first-order valence-corrected chi connectivity index (χ1v) is 6.50. The van der Waals surface area contributed by atoms with Gasteiger partial charge in [0.25, 0.3) is 0 Å². The van der Waals surface area contributed by atoms with E-state index in [0.717, 1.165) is 43.9 Å². The predicted octanol–water partition coefficient (Wildman–Crippen LogP) is 2.61. The lowest BCUT2D eigenvalue weighted by molar-refractivity contribution is 0.447. The molecule has 1 heterocycles. The zero-order chi connectivity index (χ0) is 12.6. The molecule has 1 aromatic carbocycles. The molecule has 0 fully saturated rings. The van der Waals surface area contributed by atoms with Crippen molar-refractivity contribution in [3.05, 3.63) is 53.7 Å². The molecule has 1 aromatic heterocycles. The van der Waals surface area contributed by atoms with E-state index in [1.54, 1.807) is 0 Å². The molecule has 0 aliphatic rings. The van der Waals surface area contributed by atoms with Gasteiger partial charge in [0.1, 0.15) is 5.76 Å². The van der Waals surface area contributed by atoms with Crippen molar-refractivity contribution in [2.45, 2.75) is 25.7 Å². The molecule has 3 heteroatoms. The predicted molar refractivity (Wildman–Crippen MR) is 72.6 cm³/mol. The molecule has 2 rings (SSSR count). The number of benzene rings is 1. The van der Waals surface area contributed by atoms with Crippen LogP contribution in [0.2, 0.25) is 0 Å². The molecule has 18 heavy (non-hydrogen) atoms. The third-order valence-corrected chi connectivity index (χ3v) is 2.92. The fraction of sp³-hybridized carbons (Fsp3) is 0.400. The molecule has 0 saturated heterocycles. The molecule has 0 amide bonds. The van der Waals surface area contributed by atoms with Crippen molar-refractivity contribution in [1.82, 2.24) is 10.3 Å². The summed E-state index contributed by atoms with van der Waals surface area (Å²) in [5.74, 6) is 1.83. The van der Waals surface area contributed by atoms with Crippen LogP contribution in [-0.4, -0.2) is 18.6 Å². The Morgan fingerprint density at radius 1 is 1.11 bits per heavy atom. The van der Waals surface area contributed by atoms with Gasteiger partial charge >= 0.3 is 0 Å². The highest BCUT2D eigenvalue weighted by molar-refractivity contribution is 5.14. The Labute approximate surface area is 108 Å². The smallest absolute Gasteiger partial charge is 0.195 e. The fourth-order valence-electron chi connectivity index (χ4n) is 1.92. The lowest BCUT2D eigenvalue weighted by atomic mass is 10.1. The Hall–Kier alpha value is -1.61. The lowest BCUT2D eigenvalue weighted by Gasteiger charge is -1.99. The van der Waals surface area contributed by atoms with Gasteiger partial charge in [-0.2, -0.15) is 0 Å². The molecule has 2 aromatic rings. The maximum absolute atomic E-state index is 5.67. The quantitative estimate of drug-likeness (QED) is 0.813. The summed E-state index contributed by atoms with van der Waals surface area (Å²) in [5, 5.41) is 3.09. The van der Waals surface area contributed by atoms with E-state index in [0.29, 0.717) is 0 Å². The molecule has 0 aliphatic carbocycles. The summed E-state index contributed by atoms with van der Waals surface area (Å²) >= 11 is 0. The summed E-state index contributed by atoms with van der Waals surface area (Å²) in [6.07, 6.45) is 5.87. The van der Waals surface area contributed by atoms with Gasteiger partial charge < -0.3 is 9.73 Å². The molecule has 96 valence electrons. The van der Waals surface area contributed by atoms with Gasteiger partial charge in [0.05, 0.1) is 6.20 Å². The highest BCUT2D eigenvalue weighted by atomic mass is 16.4. The van der Waals surface area contributed by atoms with E-state index in [1.807, 2.05) is 19.3 Å². The van der Waals surface area contributed by atoms with Crippen molar-refractivity contribution in [2.24, 2.45) is 0 Å². The molecule has 0 aliphatic heterocycles. The number of aryl methyl sites for hydroxylation is 2. The first kappa shape index (κ1) is 12.8. The first-order valence-electron chi connectivity index (χ1n) is 6.50. The molecule has 0 bridgehead atoms. The van der Waals surface area contributed by atoms with Gasteiger partial charge in [-0.05, 0) is 25.5 Å². The number of likely N-dealkylation sites (N-methyl/N-ethyl adjacent to an activating group) is 1. The molecular weight excluding hydrogens is 224 g/mol. The average molecular weight is 244 g/mol. The molecule has 0 spiro atoms. The van der Waals surface area contributed by atoms with Crippen LogP contribution in [0.3, 0.4) is 0 Å². The van der Waals surface area contributed by atoms with Crippen LogP contribution >= 0.6 is 0 Å². The summed E-state index contributed by atoms with van der Waals surface area (Å²) in [5.41, 5.74) is 1.38. The normalized spacial score (nSPS) is 10.7. The Morgan fingerprint density at radius 2 is 1.94 bits per heavy atom. The monoisotopic (exact) mass is 244 g/mol. The zero-order valence-electron chi connectivity index (χ0n) is 10.9. The number of hydrogen-bond donors (Lipinski definition) is 1. The summed E-state index contributed by atoms with van der Waals surface area (Å²) in [7, 11) is 1.93. The van der Waals surface area contributed by atoms with Crippen molar-refractivity contribution in [3.63, 3.8) is 0 Å². The van der Waals surface area contributed by atoms with E-state index in [-0.39, 0.29) is 0 Å². The zero-order valence-corrected chi connectivity index (χ0v) is 10.9. The van der Waals surface area contributed by atoms with E-state index in [4.69, 9.17) is 4.42 Å². The Morgan fingerprint density at radius 3 is 2.72 bits per heavy atom. The van der Waals surface area contributed by atoms with E-state index >= 15 is 0 Å². The highest BCUT2D eigenvalue weighted by Gasteiger charge is 2.03. The second-order valence-electron chi connectivity index (χ2n) is 4.41. The SMILES string of the molecule is CNCCc1ncc(CCCc2ccccc2)o1. The van der Waals surface area contributed by atoms with Crippen LogP contribution in [0, 0.1) is 0 Å². The van der Waals surface area contributed by atoms with E-state index in [9.17, 15) is 0 Å². The second-order valence-corrected chi connectivity index (χ2v) is 4.41. The van der Waals surface area contributed by atoms with Crippen LogP contribution in [-0.2, 0) is 19.3 Å². The number of aromatic nitrogens is 1. The molecule has 1 N–H and O–H groups in total. The Kier molecular flexibility index (Phi) is 4.97.